The molecule has 0 aromatic heterocycles. The average molecular weight is 426 g/mol. The zero-order chi connectivity index (χ0) is 21.3. The molecule has 2 aliphatic rings. The minimum atomic E-state index is -1.03. The van der Waals surface area contributed by atoms with E-state index in [1.54, 1.807) is 6.26 Å². The Balaban J connectivity index is 1.54. The van der Waals surface area contributed by atoms with Gasteiger partial charge in [-0.1, -0.05) is 42.5 Å². The largest absolute Gasteiger partial charge is 0.487 e. The number of allylic oxidation sites excluding steroid dienone is 1. The number of nitrogens with one attached hydrogen (secondary N) is 1. The summed E-state index contributed by atoms with van der Waals surface area (Å²) >= 11 is 0. The fraction of sp³-hybridized carbons (Fsp3) is 0.304. The number of ketones is 1. The van der Waals surface area contributed by atoms with Crippen LogP contribution in [0.1, 0.15) is 34.2 Å². The normalized spacial score (nSPS) is 19.2. The predicted molar refractivity (Wildman–Crippen MR) is 115 cm³/mol. The second-order valence-electron chi connectivity index (χ2n) is 7.58. The first-order valence-electron chi connectivity index (χ1n) is 9.81. The molecule has 2 aromatic rings. The van der Waals surface area contributed by atoms with Gasteiger partial charge in [0.25, 0.3) is 0 Å². The molecule has 2 atom stereocenters. The van der Waals surface area contributed by atoms with E-state index in [1.807, 2.05) is 42.5 Å². The van der Waals surface area contributed by atoms with Gasteiger partial charge in [0.15, 0.2) is 5.78 Å². The minimum absolute atomic E-state index is 0.0717. The number of rotatable bonds is 7. The maximum atomic E-state index is 12.6. The highest BCUT2D eigenvalue weighted by atomic mass is 32.2. The van der Waals surface area contributed by atoms with Gasteiger partial charge in [-0.05, 0) is 23.1 Å². The highest BCUT2D eigenvalue weighted by molar-refractivity contribution is 7.84. The number of carbonyl (C=O) groups is 2. The van der Waals surface area contributed by atoms with Crippen molar-refractivity contribution in [3.63, 3.8) is 0 Å². The van der Waals surface area contributed by atoms with E-state index in [9.17, 15) is 18.9 Å². The molecule has 0 amide bonds. The van der Waals surface area contributed by atoms with Crippen LogP contribution in [0.15, 0.2) is 42.5 Å². The molecule has 7 heteroatoms. The monoisotopic (exact) mass is 425 g/mol. The summed E-state index contributed by atoms with van der Waals surface area (Å²) < 4.78 is 17.2. The fourth-order valence-electron chi connectivity index (χ4n) is 3.95. The quantitative estimate of drug-likeness (QED) is 0.663. The topological polar surface area (TPSA) is 92.7 Å². The number of carbonyl (C=O) groups excluding carboxylic acids is 1. The second-order valence-corrected chi connectivity index (χ2v) is 9.13. The van der Waals surface area contributed by atoms with Gasteiger partial charge in [-0.15, -0.1) is 0 Å². The number of benzene rings is 2. The summed E-state index contributed by atoms with van der Waals surface area (Å²) in [4.78, 5) is 24.0. The molecular formula is C23H23NO5S. The molecule has 1 heterocycles. The third kappa shape index (κ3) is 4.08. The Morgan fingerprint density at radius 2 is 2.00 bits per heavy atom. The highest BCUT2D eigenvalue weighted by Crippen LogP contribution is 2.40. The molecule has 6 nitrogen and oxygen atoms in total. The van der Waals surface area contributed by atoms with Crippen molar-refractivity contribution in [1.82, 2.24) is 5.32 Å². The number of carboxylic acid groups (broad SMARTS) is 1. The van der Waals surface area contributed by atoms with Crippen LogP contribution in [0.5, 0.6) is 0 Å². The third-order valence-electron chi connectivity index (χ3n) is 5.47. The Morgan fingerprint density at radius 3 is 2.77 bits per heavy atom. The van der Waals surface area contributed by atoms with E-state index in [2.05, 4.69) is 5.32 Å². The highest BCUT2D eigenvalue weighted by Gasteiger charge is 2.32. The predicted octanol–water partition coefficient (Wildman–Crippen LogP) is 2.52. The molecule has 1 aliphatic heterocycles. The lowest BCUT2D eigenvalue weighted by Gasteiger charge is -2.14. The van der Waals surface area contributed by atoms with Gasteiger partial charge in [0.1, 0.15) is 18.4 Å². The summed E-state index contributed by atoms with van der Waals surface area (Å²) in [6.45, 7) is 0.767. The van der Waals surface area contributed by atoms with E-state index in [1.165, 1.54) is 0 Å². The van der Waals surface area contributed by atoms with Crippen molar-refractivity contribution in [3.05, 3.63) is 70.3 Å². The Kier molecular flexibility index (Phi) is 5.83. The van der Waals surface area contributed by atoms with E-state index in [-0.39, 0.29) is 5.78 Å². The van der Waals surface area contributed by atoms with Crippen LogP contribution in [0.25, 0.3) is 11.3 Å². The van der Waals surface area contributed by atoms with Crippen LogP contribution in [0.2, 0.25) is 0 Å². The number of aliphatic carboxylic acids is 1. The molecule has 30 heavy (non-hydrogen) atoms. The van der Waals surface area contributed by atoms with Gasteiger partial charge in [-0.3, -0.25) is 13.8 Å². The molecule has 0 bridgehead atoms. The lowest BCUT2D eigenvalue weighted by molar-refractivity contribution is -0.139. The number of hydrogen-bond acceptors (Lipinski definition) is 5. The summed E-state index contributed by atoms with van der Waals surface area (Å²) in [5.74, 6) is 0.0973. The molecule has 0 saturated heterocycles. The van der Waals surface area contributed by atoms with Crippen molar-refractivity contribution < 1.29 is 23.6 Å². The first-order chi connectivity index (χ1) is 14.4. The second kappa shape index (κ2) is 8.53. The van der Waals surface area contributed by atoms with Crippen LogP contribution in [-0.2, 0) is 44.7 Å². The number of ether oxygens (including phenoxy) is 1. The number of carboxylic acids is 1. The first-order valence-corrected chi connectivity index (χ1v) is 11.5. The molecule has 2 N–H and O–H groups in total. The van der Waals surface area contributed by atoms with E-state index < -0.39 is 22.8 Å². The van der Waals surface area contributed by atoms with Crippen molar-refractivity contribution >= 4 is 33.9 Å². The maximum Gasteiger partial charge on any atom is 0.320 e. The molecule has 0 fully saturated rings. The minimum Gasteiger partial charge on any atom is -0.487 e. The van der Waals surface area contributed by atoms with Gasteiger partial charge in [-0.2, -0.15) is 0 Å². The molecule has 0 saturated carbocycles. The van der Waals surface area contributed by atoms with Gasteiger partial charge in [-0.25, -0.2) is 0 Å². The fourth-order valence-corrected chi connectivity index (χ4v) is 4.52. The number of Topliss-reactive ketones (excluding diaryl/α,β-unsaturated/α-hetero) is 1. The summed E-state index contributed by atoms with van der Waals surface area (Å²) in [6, 6.07) is 12.9. The first kappa shape index (κ1) is 20.5. The van der Waals surface area contributed by atoms with Crippen molar-refractivity contribution in [1.29, 1.82) is 0 Å². The Hall–Kier alpha value is -2.77. The smallest absolute Gasteiger partial charge is 0.320 e. The molecule has 1 aliphatic carbocycles. The van der Waals surface area contributed by atoms with Gasteiger partial charge >= 0.3 is 5.97 Å². The van der Waals surface area contributed by atoms with Crippen molar-refractivity contribution in [3.8, 4) is 0 Å². The third-order valence-corrected chi connectivity index (χ3v) is 6.29. The SMILES string of the molecule is CS(=O)CCC(NCc1ccc2c(c1)CO/C2=C1/C(=O)Cc2ccccc21)C(=O)O. The van der Waals surface area contributed by atoms with E-state index in [4.69, 9.17) is 4.74 Å². The Morgan fingerprint density at radius 1 is 1.20 bits per heavy atom. The summed E-state index contributed by atoms with van der Waals surface area (Å²) in [7, 11) is -1.03. The van der Waals surface area contributed by atoms with Gasteiger partial charge in [0, 0.05) is 46.9 Å². The van der Waals surface area contributed by atoms with Gasteiger partial charge in [0.2, 0.25) is 0 Å². The molecule has 2 aromatic carbocycles. The molecule has 0 radical (unpaired) electrons. The molecule has 156 valence electrons. The lowest BCUT2D eigenvalue weighted by Crippen LogP contribution is -2.37. The standard InChI is InChI=1S/C23H23NO5S/c1-30(28)9-8-19(23(26)27)24-12-14-6-7-18-16(10-14)13-29-22(18)21-17-5-3-2-4-15(17)11-20(21)25/h2-7,10,19,24H,8-9,11-13H2,1H3,(H,26,27)/b22-21+. The summed E-state index contributed by atoms with van der Waals surface area (Å²) in [6.07, 6.45) is 2.28. The van der Waals surface area contributed by atoms with Gasteiger partial charge in [0.05, 0.1) is 5.57 Å². The van der Waals surface area contributed by atoms with Crippen molar-refractivity contribution in [2.75, 3.05) is 12.0 Å². The zero-order valence-corrected chi connectivity index (χ0v) is 17.5. The van der Waals surface area contributed by atoms with Crippen molar-refractivity contribution in [2.24, 2.45) is 0 Å². The van der Waals surface area contributed by atoms with Crippen molar-refractivity contribution in [2.45, 2.75) is 32.0 Å². The van der Waals surface area contributed by atoms with Crippen LogP contribution in [0, 0.1) is 0 Å². The Labute approximate surface area is 177 Å². The molecular weight excluding hydrogens is 402 g/mol. The molecule has 2 unspecified atom stereocenters. The van der Waals surface area contributed by atoms with E-state index in [0.717, 1.165) is 27.8 Å². The van der Waals surface area contributed by atoms with Gasteiger partial charge < -0.3 is 15.2 Å². The Bertz CT molecular complexity index is 1080. The summed E-state index contributed by atoms with van der Waals surface area (Å²) in [5.41, 5.74) is 5.44. The van der Waals surface area contributed by atoms with Crippen LogP contribution >= 0.6 is 0 Å². The van der Waals surface area contributed by atoms with Crippen LogP contribution < -0.4 is 5.32 Å². The summed E-state index contributed by atoms with van der Waals surface area (Å²) in [5, 5.41) is 12.4. The van der Waals surface area contributed by atoms with E-state index in [0.29, 0.717) is 43.1 Å². The number of fused-ring (bicyclic) bond motifs is 2. The molecule has 4 rings (SSSR count). The molecule has 0 spiro atoms. The van der Waals surface area contributed by atoms with Crippen LogP contribution in [0.4, 0.5) is 0 Å². The maximum absolute atomic E-state index is 12.6. The average Bonchev–Trinajstić information content (AvgIpc) is 3.26. The van der Waals surface area contributed by atoms with Crippen LogP contribution in [0.3, 0.4) is 0 Å². The lowest BCUT2D eigenvalue weighted by atomic mass is 9.99. The van der Waals surface area contributed by atoms with E-state index >= 15 is 0 Å². The van der Waals surface area contributed by atoms with Crippen LogP contribution in [-0.4, -0.2) is 39.1 Å². The number of hydrogen-bond donors (Lipinski definition) is 2. The zero-order valence-electron chi connectivity index (χ0n) is 16.6.